The lowest BCUT2D eigenvalue weighted by atomic mass is 9.92. The lowest BCUT2D eigenvalue weighted by Crippen LogP contribution is -2.40. The third kappa shape index (κ3) is 5.66. The molecule has 2 aliphatic rings. The highest BCUT2D eigenvalue weighted by Crippen LogP contribution is 2.38. The van der Waals surface area contributed by atoms with Crippen molar-refractivity contribution in [3.8, 4) is 0 Å². The lowest BCUT2D eigenvalue weighted by molar-refractivity contribution is -0.137. The van der Waals surface area contributed by atoms with Crippen molar-refractivity contribution in [1.82, 2.24) is 19.9 Å². The van der Waals surface area contributed by atoms with Crippen LogP contribution in [0.5, 0.6) is 0 Å². The molecule has 1 N–H and O–H groups in total. The molecule has 0 unspecified atom stereocenters. The van der Waals surface area contributed by atoms with Gasteiger partial charge in [-0.1, -0.05) is 6.07 Å². The van der Waals surface area contributed by atoms with E-state index in [2.05, 4.69) is 25.2 Å². The number of aromatic nitrogens is 3. The molecule has 0 saturated carbocycles. The maximum atomic E-state index is 13.1. The van der Waals surface area contributed by atoms with Crippen molar-refractivity contribution in [1.29, 1.82) is 0 Å². The average Bonchev–Trinajstić information content (AvgIpc) is 3.65. The largest absolute Gasteiger partial charge is 0.417 e. The summed E-state index contributed by atoms with van der Waals surface area (Å²) in [5.74, 6) is 0.337. The van der Waals surface area contributed by atoms with E-state index in [4.69, 9.17) is 4.74 Å². The minimum absolute atomic E-state index is 0.0285. The number of hydrogen-bond donors (Lipinski definition) is 1. The highest BCUT2D eigenvalue weighted by atomic mass is 32.1. The van der Waals surface area contributed by atoms with Crippen molar-refractivity contribution in [2.45, 2.75) is 25.4 Å². The summed E-state index contributed by atoms with van der Waals surface area (Å²) in [6.45, 7) is 5.54. The number of nitrogens with zero attached hydrogens (tertiary/aromatic N) is 5. The van der Waals surface area contributed by atoms with Crippen LogP contribution in [-0.2, 0) is 10.9 Å². The van der Waals surface area contributed by atoms with E-state index in [1.165, 1.54) is 23.9 Å². The number of benzene rings is 1. The van der Waals surface area contributed by atoms with Gasteiger partial charge in [0.15, 0.2) is 0 Å². The zero-order chi connectivity index (χ0) is 29.4. The molecule has 2 saturated heterocycles. The van der Waals surface area contributed by atoms with Crippen LogP contribution in [0.15, 0.2) is 49.1 Å². The van der Waals surface area contributed by atoms with Gasteiger partial charge in [0.2, 0.25) is 0 Å². The van der Waals surface area contributed by atoms with Crippen LogP contribution in [-0.4, -0.2) is 71.1 Å². The number of anilines is 2. The van der Waals surface area contributed by atoms with Crippen molar-refractivity contribution in [2.24, 2.45) is 0 Å². The molecule has 2 aliphatic heterocycles. The van der Waals surface area contributed by atoms with E-state index in [9.17, 15) is 22.8 Å². The molecule has 0 aliphatic carbocycles. The predicted molar refractivity (Wildman–Crippen MR) is 152 cm³/mol. The second-order valence-corrected chi connectivity index (χ2v) is 11.4. The van der Waals surface area contributed by atoms with E-state index in [1.54, 1.807) is 17.0 Å². The number of hydrogen-bond acceptors (Lipinski definition) is 8. The van der Waals surface area contributed by atoms with E-state index >= 15 is 0 Å². The number of pyridine rings is 1. The zero-order valence-corrected chi connectivity index (χ0v) is 23.5. The molecule has 0 radical (unpaired) electrons. The summed E-state index contributed by atoms with van der Waals surface area (Å²) in [7, 11) is 0. The summed E-state index contributed by atoms with van der Waals surface area (Å²) in [6.07, 6.45) is -0.323. The van der Waals surface area contributed by atoms with Crippen LogP contribution in [0.4, 0.5) is 24.7 Å². The number of rotatable bonds is 5. The Morgan fingerprint density at radius 3 is 2.67 bits per heavy atom. The van der Waals surface area contributed by atoms with E-state index in [-0.39, 0.29) is 17.5 Å². The van der Waals surface area contributed by atoms with Crippen molar-refractivity contribution in [3.05, 3.63) is 76.2 Å². The molecule has 5 heterocycles. The molecule has 218 valence electrons. The van der Waals surface area contributed by atoms with Crippen molar-refractivity contribution >= 4 is 44.9 Å². The maximum Gasteiger partial charge on any atom is 0.417 e. The first kappa shape index (κ1) is 28.0. The fourth-order valence-electron chi connectivity index (χ4n) is 5.39. The van der Waals surface area contributed by atoms with Crippen molar-refractivity contribution < 1.29 is 27.5 Å². The minimum atomic E-state index is -4.56. The van der Waals surface area contributed by atoms with Gasteiger partial charge < -0.3 is 19.9 Å². The third-order valence-electron chi connectivity index (χ3n) is 7.59. The summed E-state index contributed by atoms with van der Waals surface area (Å²) in [5, 5.41) is 2.53. The number of carbonyl (C=O) groups is 2. The normalized spacial score (nSPS) is 17.6. The Morgan fingerprint density at radius 2 is 1.88 bits per heavy atom. The van der Waals surface area contributed by atoms with Crippen LogP contribution in [0, 0.1) is 6.92 Å². The Morgan fingerprint density at radius 1 is 1.07 bits per heavy atom. The Bertz CT molecular complexity index is 1650. The summed E-state index contributed by atoms with van der Waals surface area (Å²) in [4.78, 5) is 43.2. The number of fused-ring (bicyclic) bond motifs is 1. The van der Waals surface area contributed by atoms with Gasteiger partial charge in [-0.05, 0) is 48.7 Å². The molecule has 1 aromatic carbocycles. The second kappa shape index (κ2) is 11.3. The van der Waals surface area contributed by atoms with Gasteiger partial charge in [0, 0.05) is 43.9 Å². The SMILES string of the molecule is Cc1ccc(C(=O)Nc2cncc(C(F)(F)F)c2)cc1[C@@H]1CCN(c2ncnc3cc(C(=O)N4CCOCC4)sc23)C1. The second-order valence-electron chi connectivity index (χ2n) is 10.3. The highest BCUT2D eigenvalue weighted by molar-refractivity contribution is 7.21. The molecule has 13 heteroatoms. The summed E-state index contributed by atoms with van der Waals surface area (Å²) < 4.78 is 45.4. The zero-order valence-electron chi connectivity index (χ0n) is 22.6. The molecule has 0 bridgehead atoms. The number of nitrogens with one attached hydrogen (secondary N) is 1. The Hall–Kier alpha value is -4.10. The van der Waals surface area contributed by atoms with Gasteiger partial charge in [-0.2, -0.15) is 13.2 Å². The average molecular weight is 597 g/mol. The number of alkyl halides is 3. The first-order chi connectivity index (χ1) is 20.2. The molecular formula is C29H27F3N6O3S. The Kier molecular flexibility index (Phi) is 7.54. The van der Waals surface area contributed by atoms with Crippen molar-refractivity contribution in [2.75, 3.05) is 49.6 Å². The Labute approximate surface area is 243 Å². The van der Waals surface area contributed by atoms with Crippen LogP contribution in [0.1, 0.15) is 49.1 Å². The summed E-state index contributed by atoms with van der Waals surface area (Å²) in [5.41, 5.74) is 2.12. The number of amides is 2. The van der Waals surface area contributed by atoms with Gasteiger partial charge in [0.25, 0.3) is 11.8 Å². The van der Waals surface area contributed by atoms with Crippen LogP contribution in [0.2, 0.25) is 0 Å². The molecule has 6 rings (SSSR count). The number of carbonyl (C=O) groups excluding carboxylic acids is 2. The van der Waals surface area contributed by atoms with Crippen LogP contribution in [0.3, 0.4) is 0 Å². The molecule has 2 fully saturated rings. The standard InChI is InChI=1S/C29H27F3N6O3S/c1-17-2-3-18(27(39)36-21-11-20(13-33-14-21)29(30,31)32)10-22(17)19-4-5-38(15-19)26-25-23(34-16-35-26)12-24(42-25)28(40)37-6-8-41-9-7-37/h2-3,10-14,16,19H,4-9,15H2,1H3,(H,36,39)/t19-/m1/s1. The van der Waals surface area contributed by atoms with Crippen LogP contribution < -0.4 is 10.2 Å². The number of morpholine rings is 1. The fourth-order valence-corrected chi connectivity index (χ4v) is 6.49. The number of halogens is 3. The first-order valence-corrected chi connectivity index (χ1v) is 14.3. The van der Waals surface area contributed by atoms with Gasteiger partial charge in [0.05, 0.1) is 45.8 Å². The number of ether oxygens (including phenoxy) is 1. The van der Waals surface area contributed by atoms with E-state index in [0.29, 0.717) is 43.3 Å². The van der Waals surface area contributed by atoms with E-state index in [0.717, 1.165) is 52.4 Å². The Balaban J connectivity index is 1.19. The van der Waals surface area contributed by atoms with Gasteiger partial charge >= 0.3 is 6.18 Å². The maximum absolute atomic E-state index is 13.1. The minimum Gasteiger partial charge on any atom is -0.378 e. The van der Waals surface area contributed by atoms with Gasteiger partial charge in [0.1, 0.15) is 12.1 Å². The van der Waals surface area contributed by atoms with E-state index < -0.39 is 17.6 Å². The highest BCUT2D eigenvalue weighted by Gasteiger charge is 2.32. The molecule has 3 aromatic heterocycles. The van der Waals surface area contributed by atoms with Gasteiger partial charge in [-0.25, -0.2) is 9.97 Å². The third-order valence-corrected chi connectivity index (χ3v) is 8.70. The molecule has 0 spiro atoms. The van der Waals surface area contributed by atoms with E-state index in [1.807, 2.05) is 19.1 Å². The molecule has 42 heavy (non-hydrogen) atoms. The number of aryl methyl sites for hydroxylation is 1. The lowest BCUT2D eigenvalue weighted by Gasteiger charge is -2.26. The number of thiophene rings is 1. The molecule has 1 atom stereocenters. The van der Waals surface area contributed by atoms with Crippen LogP contribution >= 0.6 is 11.3 Å². The monoisotopic (exact) mass is 596 g/mol. The molecule has 4 aromatic rings. The summed E-state index contributed by atoms with van der Waals surface area (Å²) in [6, 6.07) is 8.00. The van der Waals surface area contributed by atoms with Gasteiger partial charge in [-0.15, -0.1) is 11.3 Å². The van der Waals surface area contributed by atoms with Crippen LogP contribution in [0.25, 0.3) is 10.2 Å². The molecule has 9 nitrogen and oxygen atoms in total. The van der Waals surface area contributed by atoms with Crippen molar-refractivity contribution in [3.63, 3.8) is 0 Å². The fraction of sp³-hybridized carbons (Fsp3) is 0.345. The van der Waals surface area contributed by atoms with Gasteiger partial charge in [-0.3, -0.25) is 14.6 Å². The molecule has 2 amide bonds. The predicted octanol–water partition coefficient (Wildman–Crippen LogP) is 5.13. The first-order valence-electron chi connectivity index (χ1n) is 13.5. The smallest absolute Gasteiger partial charge is 0.378 e. The quantitative estimate of drug-likeness (QED) is 0.341. The molecular weight excluding hydrogens is 569 g/mol. The summed E-state index contributed by atoms with van der Waals surface area (Å²) >= 11 is 1.40. The topological polar surface area (TPSA) is 101 Å².